The minimum absolute atomic E-state index is 0.0672. The average molecular weight is 319 g/mol. The second-order valence-corrected chi connectivity index (χ2v) is 5.24. The number of halogens is 1. The molecular formula is C16H19ClN4O. The van der Waals surface area contributed by atoms with Crippen LogP contribution in [0.25, 0.3) is 0 Å². The molecule has 0 radical (unpaired) electrons. The van der Waals surface area contributed by atoms with Crippen molar-refractivity contribution < 1.29 is 4.79 Å². The van der Waals surface area contributed by atoms with E-state index in [0.29, 0.717) is 10.8 Å². The summed E-state index contributed by atoms with van der Waals surface area (Å²) in [5.41, 5.74) is 1.47. The van der Waals surface area contributed by atoms with Crippen molar-refractivity contribution in [2.75, 3.05) is 23.8 Å². The van der Waals surface area contributed by atoms with Crippen LogP contribution < -0.4 is 10.2 Å². The second-order valence-electron chi connectivity index (χ2n) is 4.88. The van der Waals surface area contributed by atoms with Crippen molar-refractivity contribution in [3.05, 3.63) is 47.4 Å². The topological polar surface area (TPSA) is 58.1 Å². The number of carbonyl (C=O) groups is 1. The van der Waals surface area contributed by atoms with E-state index in [1.54, 1.807) is 31.6 Å². The van der Waals surface area contributed by atoms with Crippen molar-refractivity contribution >= 4 is 29.0 Å². The molecule has 6 heteroatoms. The minimum Gasteiger partial charge on any atom is -0.370 e. The highest BCUT2D eigenvalue weighted by molar-refractivity contribution is 6.32. The molecule has 1 amide bonds. The van der Waals surface area contributed by atoms with E-state index in [4.69, 9.17) is 11.6 Å². The Balaban J connectivity index is 2.13. The normalized spacial score (nSPS) is 10.3. The third-order valence-corrected chi connectivity index (χ3v) is 3.54. The molecule has 0 saturated heterocycles. The molecule has 0 atom stereocenters. The second kappa shape index (κ2) is 7.75. The van der Waals surface area contributed by atoms with Crippen LogP contribution in [0.2, 0.25) is 5.15 Å². The maximum Gasteiger partial charge on any atom is 0.231 e. The molecule has 0 saturated carbocycles. The number of nitrogens with zero attached hydrogens (tertiary/aromatic N) is 3. The summed E-state index contributed by atoms with van der Waals surface area (Å²) >= 11 is 6.04. The quantitative estimate of drug-likeness (QED) is 0.831. The SMILES string of the molecule is CCCNc1ncccc1CC(=O)N(C)c1cccnc1Cl. The molecule has 0 unspecified atom stereocenters. The summed E-state index contributed by atoms with van der Waals surface area (Å²) in [6.07, 6.45) is 4.56. The van der Waals surface area contributed by atoms with Crippen LogP contribution in [0.3, 0.4) is 0 Å². The summed E-state index contributed by atoms with van der Waals surface area (Å²) in [6.45, 7) is 2.90. The molecule has 0 aliphatic carbocycles. The molecule has 0 aliphatic rings. The van der Waals surface area contributed by atoms with Gasteiger partial charge in [0, 0.05) is 31.5 Å². The maximum atomic E-state index is 12.5. The van der Waals surface area contributed by atoms with Crippen LogP contribution in [0.1, 0.15) is 18.9 Å². The fourth-order valence-corrected chi connectivity index (χ4v) is 2.27. The van der Waals surface area contributed by atoms with Crippen LogP contribution in [0.4, 0.5) is 11.5 Å². The Morgan fingerprint density at radius 3 is 2.73 bits per heavy atom. The van der Waals surface area contributed by atoms with Gasteiger partial charge in [-0.2, -0.15) is 0 Å². The number of nitrogens with one attached hydrogen (secondary N) is 1. The Kier molecular flexibility index (Phi) is 5.72. The molecule has 2 heterocycles. The van der Waals surface area contributed by atoms with Gasteiger partial charge >= 0.3 is 0 Å². The lowest BCUT2D eigenvalue weighted by molar-refractivity contribution is -0.117. The predicted octanol–water partition coefficient (Wildman–Crippen LogP) is 3.16. The van der Waals surface area contributed by atoms with E-state index in [0.717, 1.165) is 24.3 Å². The van der Waals surface area contributed by atoms with Gasteiger partial charge in [0.15, 0.2) is 5.15 Å². The zero-order valence-corrected chi connectivity index (χ0v) is 13.5. The molecule has 0 aliphatic heterocycles. The van der Waals surface area contributed by atoms with Crippen LogP contribution in [-0.4, -0.2) is 29.5 Å². The zero-order valence-electron chi connectivity index (χ0n) is 12.7. The summed E-state index contributed by atoms with van der Waals surface area (Å²) in [4.78, 5) is 22.3. The van der Waals surface area contributed by atoms with Gasteiger partial charge < -0.3 is 10.2 Å². The van der Waals surface area contributed by atoms with E-state index in [9.17, 15) is 4.79 Å². The zero-order chi connectivity index (χ0) is 15.9. The Bertz CT molecular complexity index is 648. The Labute approximate surface area is 135 Å². The molecule has 0 bridgehead atoms. The van der Waals surface area contributed by atoms with E-state index < -0.39 is 0 Å². The largest absolute Gasteiger partial charge is 0.370 e. The van der Waals surface area contributed by atoms with Crippen molar-refractivity contribution in [3.8, 4) is 0 Å². The number of hydrogen-bond acceptors (Lipinski definition) is 4. The highest BCUT2D eigenvalue weighted by atomic mass is 35.5. The maximum absolute atomic E-state index is 12.5. The lowest BCUT2D eigenvalue weighted by atomic mass is 10.1. The van der Waals surface area contributed by atoms with Crippen LogP contribution in [0, 0.1) is 0 Å². The third kappa shape index (κ3) is 3.95. The van der Waals surface area contributed by atoms with Gasteiger partial charge in [-0.25, -0.2) is 9.97 Å². The molecule has 5 nitrogen and oxygen atoms in total. The van der Waals surface area contributed by atoms with Crippen LogP contribution in [0.5, 0.6) is 0 Å². The van der Waals surface area contributed by atoms with Crippen molar-refractivity contribution in [2.45, 2.75) is 19.8 Å². The monoisotopic (exact) mass is 318 g/mol. The van der Waals surface area contributed by atoms with Crippen molar-refractivity contribution in [2.24, 2.45) is 0 Å². The molecule has 22 heavy (non-hydrogen) atoms. The van der Waals surface area contributed by atoms with Gasteiger partial charge in [0.2, 0.25) is 5.91 Å². The van der Waals surface area contributed by atoms with Gasteiger partial charge in [-0.05, 0) is 24.6 Å². The number of pyridine rings is 2. The Hall–Kier alpha value is -2.14. The molecule has 2 aromatic rings. The van der Waals surface area contributed by atoms with Gasteiger partial charge in [0.25, 0.3) is 0 Å². The number of carbonyl (C=O) groups excluding carboxylic acids is 1. The van der Waals surface area contributed by atoms with E-state index in [2.05, 4.69) is 22.2 Å². The lowest BCUT2D eigenvalue weighted by Gasteiger charge is -2.19. The molecule has 116 valence electrons. The first-order chi connectivity index (χ1) is 10.6. The molecule has 0 fully saturated rings. The van der Waals surface area contributed by atoms with E-state index in [-0.39, 0.29) is 12.3 Å². The summed E-state index contributed by atoms with van der Waals surface area (Å²) in [5.74, 6) is 0.686. The number of aromatic nitrogens is 2. The number of rotatable bonds is 6. The molecule has 1 N–H and O–H groups in total. The molecular weight excluding hydrogens is 300 g/mol. The fraction of sp³-hybridized carbons (Fsp3) is 0.312. The van der Waals surface area contributed by atoms with Crippen molar-refractivity contribution in [3.63, 3.8) is 0 Å². The number of anilines is 2. The van der Waals surface area contributed by atoms with E-state index in [1.807, 2.05) is 12.1 Å². The fourth-order valence-electron chi connectivity index (χ4n) is 2.03. The Morgan fingerprint density at radius 1 is 1.27 bits per heavy atom. The summed E-state index contributed by atoms with van der Waals surface area (Å²) in [5, 5.41) is 3.55. The first-order valence-corrected chi connectivity index (χ1v) is 7.56. The number of likely N-dealkylation sites (N-methyl/N-ethyl adjacent to an activating group) is 1. The van der Waals surface area contributed by atoms with E-state index in [1.165, 1.54) is 4.90 Å². The van der Waals surface area contributed by atoms with Gasteiger partial charge in [0.1, 0.15) is 5.82 Å². The first kappa shape index (κ1) is 16.2. The van der Waals surface area contributed by atoms with Crippen molar-refractivity contribution in [1.29, 1.82) is 0 Å². The Morgan fingerprint density at radius 2 is 2.00 bits per heavy atom. The minimum atomic E-state index is -0.0672. The highest BCUT2D eigenvalue weighted by Gasteiger charge is 2.16. The van der Waals surface area contributed by atoms with Crippen LogP contribution in [-0.2, 0) is 11.2 Å². The number of hydrogen-bond donors (Lipinski definition) is 1. The first-order valence-electron chi connectivity index (χ1n) is 7.18. The van der Waals surface area contributed by atoms with Gasteiger partial charge in [-0.15, -0.1) is 0 Å². The summed E-state index contributed by atoms with van der Waals surface area (Å²) in [7, 11) is 1.70. The smallest absolute Gasteiger partial charge is 0.231 e. The molecule has 2 rings (SSSR count). The van der Waals surface area contributed by atoms with Crippen molar-refractivity contribution in [1.82, 2.24) is 9.97 Å². The van der Waals surface area contributed by atoms with Crippen LogP contribution >= 0.6 is 11.6 Å². The molecule has 2 aromatic heterocycles. The summed E-state index contributed by atoms with van der Waals surface area (Å²) in [6, 6.07) is 7.26. The van der Waals surface area contributed by atoms with Gasteiger partial charge in [-0.1, -0.05) is 24.6 Å². The van der Waals surface area contributed by atoms with Gasteiger partial charge in [0.05, 0.1) is 12.1 Å². The highest BCUT2D eigenvalue weighted by Crippen LogP contribution is 2.23. The van der Waals surface area contributed by atoms with Gasteiger partial charge in [-0.3, -0.25) is 4.79 Å². The van der Waals surface area contributed by atoms with E-state index >= 15 is 0 Å². The average Bonchev–Trinajstić information content (AvgIpc) is 2.54. The van der Waals surface area contributed by atoms with Crippen LogP contribution in [0.15, 0.2) is 36.7 Å². The lowest BCUT2D eigenvalue weighted by Crippen LogP contribution is -2.28. The number of amides is 1. The molecule has 0 aromatic carbocycles. The molecule has 0 spiro atoms. The predicted molar refractivity (Wildman–Crippen MR) is 89.4 cm³/mol. The summed E-state index contributed by atoms with van der Waals surface area (Å²) < 4.78 is 0. The third-order valence-electron chi connectivity index (χ3n) is 3.25. The standard InChI is InChI=1S/C16H19ClN4O/c1-3-8-19-16-12(6-4-10-20-16)11-14(22)21(2)13-7-5-9-18-15(13)17/h4-7,9-10H,3,8,11H2,1-2H3,(H,19,20).